The van der Waals surface area contributed by atoms with Crippen LogP contribution in [-0.2, 0) is 14.4 Å². The number of rotatable bonds is 3. The van der Waals surface area contributed by atoms with Crippen LogP contribution in [0.5, 0.6) is 0 Å². The molecular weight excluding hydrogens is 282 g/mol. The van der Waals surface area contributed by atoms with Crippen molar-refractivity contribution in [2.75, 3.05) is 13.1 Å². The summed E-state index contributed by atoms with van der Waals surface area (Å²) in [6.07, 6.45) is 1.03. The van der Waals surface area contributed by atoms with E-state index < -0.39 is 11.8 Å². The number of primary amides is 1. The summed E-state index contributed by atoms with van der Waals surface area (Å²) in [6, 6.07) is 9.22. The summed E-state index contributed by atoms with van der Waals surface area (Å²) in [5, 5.41) is 2.71. The molecule has 0 saturated carbocycles. The number of benzene rings is 1. The van der Waals surface area contributed by atoms with Crippen LogP contribution in [0, 0.1) is 5.92 Å². The monoisotopic (exact) mass is 303 g/mol. The van der Waals surface area contributed by atoms with E-state index in [1.807, 2.05) is 37.3 Å². The summed E-state index contributed by atoms with van der Waals surface area (Å²) >= 11 is 0. The normalized spacial score (nSPS) is 16.9. The van der Waals surface area contributed by atoms with Crippen LogP contribution in [0.25, 0.3) is 0 Å². The van der Waals surface area contributed by atoms with Crippen molar-refractivity contribution in [3.05, 3.63) is 35.9 Å². The molecule has 0 spiro atoms. The quantitative estimate of drug-likeness (QED) is 0.800. The third-order valence-electron chi connectivity index (χ3n) is 4.03. The largest absolute Gasteiger partial charge is 0.369 e. The SMILES string of the molecule is CC(NC(=O)C(=O)N1CCC(C(N)=O)CC1)c1ccccc1. The molecule has 1 aliphatic heterocycles. The Morgan fingerprint density at radius 2 is 1.77 bits per heavy atom. The van der Waals surface area contributed by atoms with Crippen molar-refractivity contribution in [3.63, 3.8) is 0 Å². The number of piperidine rings is 1. The van der Waals surface area contributed by atoms with Crippen LogP contribution in [0.1, 0.15) is 31.4 Å². The summed E-state index contributed by atoms with van der Waals surface area (Å²) in [5.74, 6) is -1.70. The summed E-state index contributed by atoms with van der Waals surface area (Å²) in [5.41, 5.74) is 6.20. The van der Waals surface area contributed by atoms with E-state index in [4.69, 9.17) is 5.73 Å². The summed E-state index contributed by atoms with van der Waals surface area (Å²) in [4.78, 5) is 36.8. The highest BCUT2D eigenvalue weighted by atomic mass is 16.2. The van der Waals surface area contributed by atoms with Gasteiger partial charge in [0.25, 0.3) is 0 Å². The number of nitrogens with two attached hydrogens (primary N) is 1. The van der Waals surface area contributed by atoms with Gasteiger partial charge in [0.15, 0.2) is 0 Å². The maximum atomic E-state index is 12.1. The number of nitrogens with one attached hydrogen (secondary N) is 1. The van der Waals surface area contributed by atoms with E-state index in [2.05, 4.69) is 5.32 Å². The second-order valence-corrected chi connectivity index (χ2v) is 5.57. The van der Waals surface area contributed by atoms with Gasteiger partial charge in [0.1, 0.15) is 0 Å². The second-order valence-electron chi connectivity index (χ2n) is 5.57. The highest BCUT2D eigenvalue weighted by Crippen LogP contribution is 2.17. The van der Waals surface area contributed by atoms with E-state index in [9.17, 15) is 14.4 Å². The topological polar surface area (TPSA) is 92.5 Å². The molecule has 6 heteroatoms. The van der Waals surface area contributed by atoms with Crippen molar-refractivity contribution in [1.29, 1.82) is 0 Å². The van der Waals surface area contributed by atoms with Gasteiger partial charge in [-0.05, 0) is 25.3 Å². The fraction of sp³-hybridized carbons (Fsp3) is 0.438. The lowest BCUT2D eigenvalue weighted by atomic mass is 9.96. The van der Waals surface area contributed by atoms with Gasteiger partial charge in [-0.25, -0.2) is 0 Å². The lowest BCUT2D eigenvalue weighted by molar-refractivity contribution is -0.147. The van der Waals surface area contributed by atoms with Gasteiger partial charge < -0.3 is 16.0 Å². The molecule has 3 N–H and O–H groups in total. The Balaban J connectivity index is 1.88. The van der Waals surface area contributed by atoms with E-state index in [1.54, 1.807) is 0 Å². The molecular formula is C16H21N3O3. The smallest absolute Gasteiger partial charge is 0.311 e. The first-order valence-electron chi connectivity index (χ1n) is 7.43. The van der Waals surface area contributed by atoms with Crippen molar-refractivity contribution in [2.45, 2.75) is 25.8 Å². The minimum Gasteiger partial charge on any atom is -0.369 e. The van der Waals surface area contributed by atoms with Gasteiger partial charge in [0.05, 0.1) is 6.04 Å². The van der Waals surface area contributed by atoms with Gasteiger partial charge >= 0.3 is 11.8 Å². The third kappa shape index (κ3) is 3.84. The highest BCUT2D eigenvalue weighted by Gasteiger charge is 2.29. The van der Waals surface area contributed by atoms with Crippen LogP contribution >= 0.6 is 0 Å². The minimum atomic E-state index is -0.617. The number of carbonyl (C=O) groups is 3. The van der Waals surface area contributed by atoms with Crippen LogP contribution < -0.4 is 11.1 Å². The minimum absolute atomic E-state index is 0.199. The van der Waals surface area contributed by atoms with E-state index in [0.29, 0.717) is 25.9 Å². The van der Waals surface area contributed by atoms with E-state index in [-0.39, 0.29) is 17.9 Å². The summed E-state index contributed by atoms with van der Waals surface area (Å²) in [6.45, 7) is 2.61. The van der Waals surface area contributed by atoms with E-state index in [1.165, 1.54) is 4.90 Å². The van der Waals surface area contributed by atoms with Gasteiger partial charge in [-0.15, -0.1) is 0 Å². The predicted octanol–water partition coefficient (Wildman–Crippen LogP) is 0.588. The average molecular weight is 303 g/mol. The Bertz CT molecular complexity index is 551. The van der Waals surface area contributed by atoms with Crippen LogP contribution in [0.2, 0.25) is 0 Å². The molecule has 0 aromatic heterocycles. The van der Waals surface area contributed by atoms with Gasteiger partial charge in [0.2, 0.25) is 5.91 Å². The molecule has 1 aromatic rings. The van der Waals surface area contributed by atoms with Crippen LogP contribution in [0.3, 0.4) is 0 Å². The lowest BCUT2D eigenvalue weighted by Gasteiger charge is -2.30. The van der Waals surface area contributed by atoms with Crippen molar-refractivity contribution in [2.24, 2.45) is 11.7 Å². The number of hydrogen-bond donors (Lipinski definition) is 2. The maximum Gasteiger partial charge on any atom is 0.311 e. The Kier molecular flexibility index (Phi) is 5.14. The van der Waals surface area contributed by atoms with Crippen LogP contribution in [0.15, 0.2) is 30.3 Å². The zero-order chi connectivity index (χ0) is 16.1. The molecule has 2 rings (SSSR count). The molecule has 0 aliphatic carbocycles. The number of hydrogen-bond acceptors (Lipinski definition) is 3. The van der Waals surface area contributed by atoms with Gasteiger partial charge in [-0.3, -0.25) is 14.4 Å². The Labute approximate surface area is 129 Å². The molecule has 3 amide bonds. The summed E-state index contributed by atoms with van der Waals surface area (Å²) in [7, 11) is 0. The van der Waals surface area contributed by atoms with E-state index >= 15 is 0 Å². The zero-order valence-corrected chi connectivity index (χ0v) is 12.6. The highest BCUT2D eigenvalue weighted by molar-refractivity contribution is 6.35. The number of nitrogens with zero attached hydrogens (tertiary/aromatic N) is 1. The van der Waals surface area contributed by atoms with Gasteiger partial charge in [-0.1, -0.05) is 30.3 Å². The van der Waals surface area contributed by atoms with Gasteiger partial charge in [-0.2, -0.15) is 0 Å². The number of amides is 3. The predicted molar refractivity (Wildman–Crippen MR) is 81.5 cm³/mol. The maximum absolute atomic E-state index is 12.1. The molecule has 1 unspecified atom stereocenters. The van der Waals surface area contributed by atoms with Crippen molar-refractivity contribution in [1.82, 2.24) is 10.2 Å². The fourth-order valence-corrected chi connectivity index (χ4v) is 2.59. The number of carbonyl (C=O) groups excluding carboxylic acids is 3. The standard InChI is InChI=1S/C16H21N3O3/c1-11(12-5-3-2-4-6-12)18-15(21)16(22)19-9-7-13(8-10-19)14(17)20/h2-6,11,13H,7-10H2,1H3,(H2,17,20)(H,18,21). The van der Waals surface area contributed by atoms with Crippen molar-refractivity contribution < 1.29 is 14.4 Å². The molecule has 118 valence electrons. The number of likely N-dealkylation sites (tertiary alicyclic amines) is 1. The second kappa shape index (κ2) is 7.06. The molecule has 6 nitrogen and oxygen atoms in total. The van der Waals surface area contributed by atoms with Crippen LogP contribution in [0.4, 0.5) is 0 Å². The van der Waals surface area contributed by atoms with Crippen molar-refractivity contribution in [3.8, 4) is 0 Å². The third-order valence-corrected chi connectivity index (χ3v) is 4.03. The first-order valence-corrected chi connectivity index (χ1v) is 7.43. The Morgan fingerprint density at radius 3 is 2.32 bits per heavy atom. The Hall–Kier alpha value is -2.37. The van der Waals surface area contributed by atoms with Crippen molar-refractivity contribution >= 4 is 17.7 Å². The molecule has 1 atom stereocenters. The Morgan fingerprint density at radius 1 is 1.18 bits per heavy atom. The summed E-state index contributed by atoms with van der Waals surface area (Å²) < 4.78 is 0. The molecule has 22 heavy (non-hydrogen) atoms. The van der Waals surface area contributed by atoms with Crippen LogP contribution in [-0.4, -0.2) is 35.7 Å². The average Bonchev–Trinajstić information content (AvgIpc) is 2.55. The lowest BCUT2D eigenvalue weighted by Crippen LogP contribution is -2.48. The molecule has 1 heterocycles. The van der Waals surface area contributed by atoms with Gasteiger partial charge in [0, 0.05) is 19.0 Å². The zero-order valence-electron chi connectivity index (χ0n) is 12.6. The molecule has 1 aromatic carbocycles. The molecule has 1 aliphatic rings. The first-order chi connectivity index (χ1) is 10.5. The molecule has 1 fully saturated rings. The fourth-order valence-electron chi connectivity index (χ4n) is 2.59. The first kappa shape index (κ1) is 16.0. The van der Waals surface area contributed by atoms with E-state index in [0.717, 1.165) is 5.56 Å². The molecule has 1 saturated heterocycles. The molecule has 0 bridgehead atoms. The molecule has 0 radical (unpaired) electrons.